The molecule has 120 valence electrons. The van der Waals surface area contributed by atoms with Crippen molar-refractivity contribution < 1.29 is 18.5 Å². The second kappa shape index (κ2) is 5.83. The van der Waals surface area contributed by atoms with Crippen LogP contribution in [-0.2, 0) is 9.59 Å². The first-order valence-corrected chi connectivity index (χ1v) is 7.21. The molecule has 1 fully saturated rings. The van der Waals surface area contributed by atoms with Gasteiger partial charge in [0.25, 0.3) is 0 Å². The van der Waals surface area contributed by atoms with Crippen molar-refractivity contribution in [3.05, 3.63) is 47.5 Å². The monoisotopic (exact) mass is 317 g/mol. The summed E-state index contributed by atoms with van der Waals surface area (Å²) < 4.78 is 18.0. The predicted molar refractivity (Wildman–Crippen MR) is 79.9 cm³/mol. The number of amides is 2. The summed E-state index contributed by atoms with van der Waals surface area (Å²) in [6, 6.07) is 7.00. The van der Waals surface area contributed by atoms with Gasteiger partial charge in [0.05, 0.1) is 12.0 Å². The van der Waals surface area contributed by atoms with E-state index in [9.17, 15) is 14.0 Å². The number of likely N-dealkylation sites (tertiary alicyclic amines) is 1. The molecule has 2 heterocycles. The Morgan fingerprint density at radius 1 is 1.39 bits per heavy atom. The number of aryl methyl sites for hydroxylation is 1. The molecule has 3 rings (SSSR count). The van der Waals surface area contributed by atoms with Crippen molar-refractivity contribution in [2.24, 2.45) is 5.92 Å². The summed E-state index contributed by atoms with van der Waals surface area (Å²) in [5.41, 5.74) is 0.719. The lowest BCUT2D eigenvalue weighted by molar-refractivity contribution is -0.127. The molecule has 2 atom stereocenters. The number of hydrogen-bond acceptors (Lipinski definition) is 4. The molecule has 1 N–H and O–H groups in total. The van der Waals surface area contributed by atoms with Gasteiger partial charge in [0.1, 0.15) is 11.6 Å². The van der Waals surface area contributed by atoms with Crippen molar-refractivity contribution in [3.8, 4) is 0 Å². The van der Waals surface area contributed by atoms with Gasteiger partial charge in [0, 0.05) is 19.5 Å². The van der Waals surface area contributed by atoms with Gasteiger partial charge in [-0.3, -0.25) is 9.59 Å². The van der Waals surface area contributed by atoms with E-state index in [0.717, 1.165) is 5.56 Å². The van der Waals surface area contributed by atoms with Gasteiger partial charge in [0.15, 0.2) is 5.82 Å². The minimum Gasteiger partial charge on any atom is -0.360 e. The molecule has 0 spiro atoms. The zero-order chi connectivity index (χ0) is 16.6. The van der Waals surface area contributed by atoms with Crippen molar-refractivity contribution in [1.82, 2.24) is 10.1 Å². The van der Waals surface area contributed by atoms with Crippen LogP contribution in [-0.4, -0.2) is 28.9 Å². The quantitative estimate of drug-likeness (QED) is 0.942. The molecule has 0 saturated carbocycles. The Bertz CT molecular complexity index is 741. The molecule has 1 aromatic heterocycles. The average Bonchev–Trinajstić information content (AvgIpc) is 3.05. The van der Waals surface area contributed by atoms with Crippen LogP contribution in [0.4, 0.5) is 10.2 Å². The number of nitrogens with zero attached hydrogens (tertiary/aromatic N) is 2. The molecule has 0 bridgehead atoms. The van der Waals surface area contributed by atoms with E-state index in [0.29, 0.717) is 11.6 Å². The fourth-order valence-electron chi connectivity index (χ4n) is 2.86. The van der Waals surface area contributed by atoms with Crippen molar-refractivity contribution in [1.29, 1.82) is 0 Å². The third-order valence-corrected chi connectivity index (χ3v) is 4.01. The zero-order valence-corrected chi connectivity index (χ0v) is 12.7. The predicted octanol–water partition coefficient (Wildman–Crippen LogP) is 2.28. The maximum Gasteiger partial charge on any atom is 0.231 e. The summed E-state index contributed by atoms with van der Waals surface area (Å²) >= 11 is 0. The van der Waals surface area contributed by atoms with Crippen LogP contribution >= 0.6 is 0 Å². The summed E-state index contributed by atoms with van der Waals surface area (Å²) in [5.74, 6) is -0.488. The average molecular weight is 317 g/mol. The van der Waals surface area contributed by atoms with Gasteiger partial charge < -0.3 is 14.7 Å². The molecule has 23 heavy (non-hydrogen) atoms. The summed E-state index contributed by atoms with van der Waals surface area (Å²) in [5, 5.41) is 6.38. The Balaban J connectivity index is 1.85. The SMILES string of the molecule is Cc1cc(NC(=O)[C@@H]2CC(=O)N(C)[C@@H]2c2ccc(F)cc2)no1. The highest BCUT2D eigenvalue weighted by atomic mass is 19.1. The molecule has 2 amide bonds. The molecular formula is C16H16FN3O3. The highest BCUT2D eigenvalue weighted by molar-refractivity contribution is 5.97. The van der Waals surface area contributed by atoms with Gasteiger partial charge in [-0.1, -0.05) is 17.3 Å². The Hall–Kier alpha value is -2.70. The van der Waals surface area contributed by atoms with Gasteiger partial charge in [-0.2, -0.15) is 0 Å². The minimum absolute atomic E-state index is 0.0984. The first kappa shape index (κ1) is 15.2. The van der Waals surface area contributed by atoms with Crippen LogP contribution in [0.25, 0.3) is 0 Å². The number of hydrogen-bond donors (Lipinski definition) is 1. The Morgan fingerprint density at radius 3 is 2.70 bits per heavy atom. The van der Waals surface area contributed by atoms with Crippen molar-refractivity contribution >= 4 is 17.6 Å². The lowest BCUT2D eigenvalue weighted by atomic mass is 9.93. The van der Waals surface area contributed by atoms with Crippen LogP contribution in [0.3, 0.4) is 0 Å². The molecule has 1 aromatic carbocycles. The van der Waals surface area contributed by atoms with E-state index in [-0.39, 0.29) is 24.1 Å². The Kier molecular flexibility index (Phi) is 3.85. The fourth-order valence-corrected chi connectivity index (χ4v) is 2.86. The van der Waals surface area contributed by atoms with E-state index in [2.05, 4.69) is 10.5 Å². The van der Waals surface area contributed by atoms with Gasteiger partial charge in [0.2, 0.25) is 11.8 Å². The van der Waals surface area contributed by atoms with Gasteiger partial charge in [-0.15, -0.1) is 0 Å². The Labute approximate surface area is 132 Å². The second-order valence-electron chi connectivity index (χ2n) is 5.62. The summed E-state index contributed by atoms with van der Waals surface area (Å²) in [7, 11) is 1.64. The van der Waals surface area contributed by atoms with Crippen LogP contribution in [0, 0.1) is 18.7 Å². The smallest absolute Gasteiger partial charge is 0.231 e. The van der Waals surface area contributed by atoms with E-state index < -0.39 is 12.0 Å². The summed E-state index contributed by atoms with van der Waals surface area (Å²) in [6.07, 6.45) is 0.0984. The molecule has 7 heteroatoms. The molecule has 2 aromatic rings. The lowest BCUT2D eigenvalue weighted by Crippen LogP contribution is -2.30. The maximum absolute atomic E-state index is 13.1. The molecular weight excluding hydrogens is 301 g/mol. The molecule has 0 radical (unpaired) electrons. The number of benzene rings is 1. The molecule has 1 aliphatic rings. The molecule has 6 nitrogen and oxygen atoms in total. The van der Waals surface area contributed by atoms with E-state index >= 15 is 0 Å². The third-order valence-electron chi connectivity index (χ3n) is 4.01. The Morgan fingerprint density at radius 2 is 2.09 bits per heavy atom. The summed E-state index contributed by atoms with van der Waals surface area (Å²) in [6.45, 7) is 1.72. The standard InChI is InChI=1S/C16H16FN3O3/c1-9-7-13(19-23-9)18-16(22)12-8-14(21)20(2)15(12)10-3-5-11(17)6-4-10/h3-7,12,15H,8H2,1-2H3,(H,18,19,22)/t12-,15-/m1/s1. The number of carbonyl (C=O) groups is 2. The molecule has 1 saturated heterocycles. The van der Waals surface area contributed by atoms with Crippen molar-refractivity contribution in [2.45, 2.75) is 19.4 Å². The van der Waals surface area contributed by atoms with Crippen LogP contribution in [0.15, 0.2) is 34.9 Å². The van der Waals surface area contributed by atoms with Crippen LogP contribution < -0.4 is 5.32 Å². The van der Waals surface area contributed by atoms with E-state index in [1.165, 1.54) is 17.0 Å². The highest BCUT2D eigenvalue weighted by Gasteiger charge is 2.42. The number of carbonyl (C=O) groups excluding carboxylic acids is 2. The highest BCUT2D eigenvalue weighted by Crippen LogP contribution is 2.37. The topological polar surface area (TPSA) is 75.4 Å². The number of aromatic nitrogens is 1. The largest absolute Gasteiger partial charge is 0.360 e. The van der Waals surface area contributed by atoms with Crippen LogP contribution in [0.2, 0.25) is 0 Å². The van der Waals surface area contributed by atoms with Gasteiger partial charge in [-0.05, 0) is 24.6 Å². The van der Waals surface area contributed by atoms with E-state index in [4.69, 9.17) is 4.52 Å². The zero-order valence-electron chi connectivity index (χ0n) is 12.7. The molecule has 0 unspecified atom stereocenters. The molecule has 1 aliphatic heterocycles. The normalized spacial score (nSPS) is 20.8. The van der Waals surface area contributed by atoms with E-state index in [1.54, 1.807) is 32.2 Å². The lowest BCUT2D eigenvalue weighted by Gasteiger charge is -2.24. The summed E-state index contributed by atoms with van der Waals surface area (Å²) in [4.78, 5) is 26.1. The first-order valence-electron chi connectivity index (χ1n) is 7.21. The number of nitrogens with one attached hydrogen (secondary N) is 1. The first-order chi connectivity index (χ1) is 11.0. The maximum atomic E-state index is 13.1. The second-order valence-corrected chi connectivity index (χ2v) is 5.62. The minimum atomic E-state index is -0.574. The van der Waals surface area contributed by atoms with Crippen LogP contribution in [0.5, 0.6) is 0 Å². The number of rotatable bonds is 3. The van der Waals surface area contributed by atoms with Crippen LogP contribution in [0.1, 0.15) is 23.8 Å². The van der Waals surface area contributed by atoms with Gasteiger partial charge >= 0.3 is 0 Å². The molecule has 0 aliphatic carbocycles. The number of halogens is 1. The number of anilines is 1. The van der Waals surface area contributed by atoms with Crippen molar-refractivity contribution in [3.63, 3.8) is 0 Å². The third kappa shape index (κ3) is 2.94. The van der Waals surface area contributed by atoms with Crippen molar-refractivity contribution in [2.75, 3.05) is 12.4 Å². The fraction of sp³-hybridized carbons (Fsp3) is 0.312. The van der Waals surface area contributed by atoms with E-state index in [1.807, 2.05) is 0 Å². The van der Waals surface area contributed by atoms with Gasteiger partial charge in [-0.25, -0.2) is 4.39 Å².